The van der Waals surface area contributed by atoms with Crippen LogP contribution in [-0.2, 0) is 19.1 Å². The minimum atomic E-state index is -0.680. The maximum atomic E-state index is 13.8. The van der Waals surface area contributed by atoms with Crippen LogP contribution in [0, 0.1) is 23.7 Å². The Balaban J connectivity index is 0.921. The first-order valence-corrected chi connectivity index (χ1v) is 19.7. The molecule has 4 fully saturated rings. The molecule has 5 aliphatic rings. The Bertz CT molecular complexity index is 2070. The van der Waals surface area contributed by atoms with Crippen LogP contribution < -0.4 is 10.6 Å². The quantitative estimate of drug-likeness (QED) is 0.236. The molecule has 2 aliphatic carbocycles. The molecule has 2 saturated carbocycles. The zero-order valence-corrected chi connectivity index (χ0v) is 32.7. The second kappa shape index (κ2) is 14.8. The Kier molecular flexibility index (Phi) is 9.92. The van der Waals surface area contributed by atoms with Gasteiger partial charge in [-0.05, 0) is 71.6 Å². The lowest BCUT2D eigenvalue weighted by atomic mass is 10.0. The lowest BCUT2D eigenvalue weighted by Crippen LogP contribution is -2.54. The van der Waals surface area contributed by atoms with Gasteiger partial charge in [0, 0.05) is 12.1 Å². The number of piperidine rings is 2. The number of likely N-dealkylation sites (tertiary alicyclic amines) is 2. The first-order chi connectivity index (χ1) is 26.9. The Morgan fingerprint density at radius 2 is 1.18 bits per heavy atom. The lowest BCUT2D eigenvalue weighted by molar-refractivity contribution is -0.137. The highest BCUT2D eigenvalue weighted by Gasteiger charge is 2.57. The third-order valence-corrected chi connectivity index (χ3v) is 12.1. The summed E-state index contributed by atoms with van der Waals surface area (Å²) in [5.41, 5.74) is 5.85. The predicted molar refractivity (Wildman–Crippen MR) is 210 cm³/mol. The van der Waals surface area contributed by atoms with E-state index >= 15 is 0 Å². The van der Waals surface area contributed by atoms with Gasteiger partial charge < -0.3 is 34.9 Å². The van der Waals surface area contributed by atoms with Crippen LogP contribution in [0.5, 0.6) is 0 Å². The molecule has 3 aromatic rings. The predicted octanol–water partition coefficient (Wildman–Crippen LogP) is 5.36. The molecule has 3 aliphatic heterocycles. The van der Waals surface area contributed by atoms with E-state index in [4.69, 9.17) is 24.4 Å². The normalized spacial score (nSPS) is 25.6. The summed E-state index contributed by atoms with van der Waals surface area (Å²) in [4.78, 5) is 73.4. The SMILES string of the molecule is COC(=O)N[C@H](C(=O)N1C(c2ncc(-c3ccc(-c4ccc(C5=NC(C6C[C@@H]7C[C@@H]7N6C(=O)[C@@H](NC(=O)OC)C(C)C)=NC5)cc4)cc3)[nH]2)C[C@@H]2CC21)C(C)C. The van der Waals surface area contributed by atoms with Crippen molar-refractivity contribution >= 4 is 35.5 Å². The summed E-state index contributed by atoms with van der Waals surface area (Å²) in [6, 6.07) is 15.2. The largest absolute Gasteiger partial charge is 0.453 e. The third-order valence-electron chi connectivity index (χ3n) is 12.1. The molecule has 0 bridgehead atoms. The van der Waals surface area contributed by atoms with E-state index in [-0.39, 0.29) is 47.8 Å². The average molecular weight is 763 g/mol. The molecule has 14 nitrogen and oxygen atoms in total. The summed E-state index contributed by atoms with van der Waals surface area (Å²) in [7, 11) is 2.60. The van der Waals surface area contributed by atoms with Gasteiger partial charge in [-0.25, -0.2) is 19.6 Å². The average Bonchev–Trinajstić information content (AvgIpc) is 3.79. The maximum absolute atomic E-state index is 13.8. The third kappa shape index (κ3) is 7.05. The van der Waals surface area contributed by atoms with Crippen LogP contribution in [0.4, 0.5) is 9.59 Å². The highest BCUT2D eigenvalue weighted by Crippen LogP contribution is 2.53. The number of H-pyrrole nitrogens is 1. The summed E-state index contributed by atoms with van der Waals surface area (Å²) in [5, 5.41) is 5.46. The van der Waals surface area contributed by atoms with Crippen LogP contribution in [-0.4, -0.2) is 106 Å². The number of alkyl carbamates (subject to hydrolysis) is 2. The van der Waals surface area contributed by atoms with Gasteiger partial charge in [-0.1, -0.05) is 76.2 Å². The second-order valence-electron chi connectivity index (χ2n) is 16.4. The van der Waals surface area contributed by atoms with Crippen molar-refractivity contribution in [3.05, 3.63) is 66.1 Å². The van der Waals surface area contributed by atoms with E-state index in [1.165, 1.54) is 14.2 Å². The van der Waals surface area contributed by atoms with E-state index in [0.717, 1.165) is 65.2 Å². The summed E-state index contributed by atoms with van der Waals surface area (Å²) >= 11 is 0. The molecule has 56 heavy (non-hydrogen) atoms. The fraction of sp³-hybridized carbons (Fsp3) is 0.500. The number of ether oxygens (including phenoxy) is 2. The van der Waals surface area contributed by atoms with Crippen molar-refractivity contribution in [3.8, 4) is 22.4 Å². The van der Waals surface area contributed by atoms with Crippen LogP contribution in [0.15, 0.2) is 64.7 Å². The molecule has 8 rings (SSSR count). The van der Waals surface area contributed by atoms with E-state index in [2.05, 4.69) is 64.1 Å². The summed E-state index contributed by atoms with van der Waals surface area (Å²) in [5.74, 6) is 1.92. The van der Waals surface area contributed by atoms with Crippen LogP contribution in [0.3, 0.4) is 0 Å². The van der Waals surface area contributed by atoms with Gasteiger partial charge in [0.2, 0.25) is 11.8 Å². The fourth-order valence-electron chi connectivity index (χ4n) is 8.79. The lowest BCUT2D eigenvalue weighted by Gasteiger charge is -2.32. The van der Waals surface area contributed by atoms with Crippen LogP contribution in [0.25, 0.3) is 22.4 Å². The standard InChI is InChI=1S/C42H50N8O6/c1-21(2)35(47-41(53)55-5)39(51)49-31-15-27(31)17-33(49)37-43-19-29(45-37)25-11-7-23(8-12-25)24-9-13-26(14-10-24)30-20-44-38(46-30)34-18-28-16-32(28)50(34)40(52)36(22(3)4)48-42(54)56-6/h7-14,19,21-22,27-28,31-36H,15-18,20H2,1-6H3,(H,43,45)(H,47,53)(H,48,54)/t27-,28-,31?,32-,33?,34?,35-,36-/m0/s1. The van der Waals surface area contributed by atoms with Crippen LogP contribution >= 0.6 is 0 Å². The van der Waals surface area contributed by atoms with Crippen molar-refractivity contribution in [2.45, 2.75) is 89.6 Å². The molecule has 1 aromatic heterocycles. The molecule has 294 valence electrons. The number of rotatable bonds is 11. The van der Waals surface area contributed by atoms with Crippen LogP contribution in [0.1, 0.15) is 70.8 Å². The van der Waals surface area contributed by atoms with Gasteiger partial charge in [0.1, 0.15) is 23.7 Å². The maximum Gasteiger partial charge on any atom is 0.407 e. The number of carbonyl (C=O) groups excluding carboxylic acids is 4. The molecular formula is C42H50N8O6. The molecule has 8 atom stereocenters. The van der Waals surface area contributed by atoms with Crippen molar-refractivity contribution in [2.75, 3.05) is 20.8 Å². The summed E-state index contributed by atoms with van der Waals surface area (Å²) < 4.78 is 9.58. The van der Waals surface area contributed by atoms with Crippen LogP contribution in [0.2, 0.25) is 0 Å². The summed E-state index contributed by atoms with van der Waals surface area (Å²) in [6.07, 6.45) is 4.22. The number of nitrogens with one attached hydrogen (secondary N) is 3. The first kappa shape index (κ1) is 37.4. The Morgan fingerprint density at radius 1 is 0.696 bits per heavy atom. The minimum absolute atomic E-state index is 0.0971. The molecule has 2 aromatic carbocycles. The Hall–Kier alpha value is -5.53. The number of hydrogen-bond donors (Lipinski definition) is 3. The fourth-order valence-corrected chi connectivity index (χ4v) is 8.79. The number of fused-ring (bicyclic) bond motifs is 2. The molecule has 14 heteroatoms. The summed E-state index contributed by atoms with van der Waals surface area (Å²) in [6.45, 7) is 8.12. The van der Waals surface area contributed by atoms with Gasteiger partial charge >= 0.3 is 12.2 Å². The number of carbonyl (C=O) groups is 4. The van der Waals surface area contributed by atoms with E-state index in [0.29, 0.717) is 24.2 Å². The Labute approximate surface area is 326 Å². The molecule has 0 spiro atoms. The second-order valence-corrected chi connectivity index (χ2v) is 16.4. The van der Waals surface area contributed by atoms with E-state index in [9.17, 15) is 19.2 Å². The van der Waals surface area contributed by atoms with Crippen molar-refractivity contribution in [3.63, 3.8) is 0 Å². The Morgan fingerprint density at radius 3 is 1.70 bits per heavy atom. The number of amides is 4. The topological polar surface area (TPSA) is 171 Å². The molecule has 2 saturated heterocycles. The molecule has 0 radical (unpaired) electrons. The number of imidazole rings is 1. The van der Waals surface area contributed by atoms with Gasteiger partial charge in [-0.2, -0.15) is 0 Å². The van der Waals surface area contributed by atoms with Gasteiger partial charge in [-0.15, -0.1) is 0 Å². The number of amidine groups is 1. The molecular weight excluding hydrogens is 713 g/mol. The molecule has 4 heterocycles. The van der Waals surface area contributed by atoms with Gasteiger partial charge in [0.25, 0.3) is 0 Å². The van der Waals surface area contributed by atoms with Gasteiger partial charge in [-0.3, -0.25) is 14.6 Å². The minimum Gasteiger partial charge on any atom is -0.453 e. The molecule has 3 N–H and O–H groups in total. The number of aliphatic imine (C=N–C) groups is 2. The number of methoxy groups -OCH3 is 2. The number of aromatic amines is 1. The first-order valence-electron chi connectivity index (χ1n) is 19.7. The van der Waals surface area contributed by atoms with E-state index in [1.54, 1.807) is 0 Å². The number of benzene rings is 2. The highest BCUT2D eigenvalue weighted by atomic mass is 16.5. The molecule has 3 unspecified atom stereocenters. The number of hydrogen-bond acceptors (Lipinski definition) is 9. The van der Waals surface area contributed by atoms with Crippen molar-refractivity contribution < 1.29 is 28.7 Å². The monoisotopic (exact) mass is 762 g/mol. The number of aromatic nitrogens is 2. The van der Waals surface area contributed by atoms with E-state index < -0.39 is 24.3 Å². The van der Waals surface area contributed by atoms with E-state index in [1.807, 2.05) is 43.7 Å². The van der Waals surface area contributed by atoms with Crippen molar-refractivity contribution in [1.29, 1.82) is 0 Å². The van der Waals surface area contributed by atoms with Crippen molar-refractivity contribution in [1.82, 2.24) is 30.4 Å². The zero-order chi connectivity index (χ0) is 39.4. The molecule has 4 amide bonds. The van der Waals surface area contributed by atoms with Crippen molar-refractivity contribution in [2.24, 2.45) is 33.7 Å². The van der Waals surface area contributed by atoms with Gasteiger partial charge in [0.15, 0.2) is 0 Å². The number of nitrogens with zero attached hydrogens (tertiary/aromatic N) is 5. The highest BCUT2D eigenvalue weighted by molar-refractivity contribution is 6.14. The van der Waals surface area contributed by atoms with Gasteiger partial charge in [0.05, 0.1) is 50.5 Å². The zero-order valence-electron chi connectivity index (χ0n) is 32.7. The smallest absolute Gasteiger partial charge is 0.407 e.